The predicted octanol–water partition coefficient (Wildman–Crippen LogP) is 5.91. The number of nitrogens with zero attached hydrogens (tertiary/aromatic N) is 2. The monoisotopic (exact) mass is 603 g/mol. The predicted molar refractivity (Wildman–Crippen MR) is 159 cm³/mol. The molecule has 3 aromatic rings. The van der Waals surface area contributed by atoms with E-state index in [-0.39, 0.29) is 40.7 Å². The molecule has 0 saturated heterocycles. The summed E-state index contributed by atoms with van der Waals surface area (Å²) in [7, 11) is 0. The molecule has 220 valence electrons. The molecule has 2 aliphatic rings. The fraction of sp³-hybridized carbons (Fsp3) is 0.258. The van der Waals surface area contributed by atoms with Crippen LogP contribution in [0.15, 0.2) is 53.3 Å². The smallest absolute Gasteiger partial charge is 0.409 e. The maximum Gasteiger partial charge on any atom is 0.409 e. The van der Waals surface area contributed by atoms with Crippen molar-refractivity contribution in [1.29, 1.82) is 5.26 Å². The molecule has 0 aliphatic carbocycles. The summed E-state index contributed by atoms with van der Waals surface area (Å²) < 4.78 is 15.0. The zero-order valence-corrected chi connectivity index (χ0v) is 23.8. The van der Waals surface area contributed by atoms with Crippen LogP contribution in [0.1, 0.15) is 55.5 Å². The molecule has 43 heavy (non-hydrogen) atoms. The van der Waals surface area contributed by atoms with Gasteiger partial charge in [0.15, 0.2) is 5.82 Å². The Morgan fingerprint density at radius 1 is 1.16 bits per heavy atom. The Balaban J connectivity index is 1.57. The molecule has 0 unspecified atom stereocenters. The average Bonchev–Trinajstić information content (AvgIpc) is 2.96. The van der Waals surface area contributed by atoms with Crippen molar-refractivity contribution in [3.63, 3.8) is 0 Å². The van der Waals surface area contributed by atoms with Crippen LogP contribution in [-0.4, -0.2) is 39.4 Å². The first-order valence-corrected chi connectivity index (χ1v) is 14.0. The molecule has 12 heteroatoms. The number of anilines is 2. The van der Waals surface area contributed by atoms with Gasteiger partial charge in [0, 0.05) is 47.1 Å². The van der Waals surface area contributed by atoms with E-state index in [1.165, 1.54) is 36.4 Å². The summed E-state index contributed by atoms with van der Waals surface area (Å²) in [5.74, 6) is -1.85. The number of carbonyl (C=O) groups excluding carboxylic acids is 2. The van der Waals surface area contributed by atoms with Crippen molar-refractivity contribution in [1.82, 2.24) is 9.88 Å². The topological polar surface area (TPSA) is 155 Å². The Hall–Kier alpha value is -4.95. The van der Waals surface area contributed by atoms with Gasteiger partial charge in [0.1, 0.15) is 0 Å². The zero-order valence-electron chi connectivity index (χ0n) is 23.0. The van der Waals surface area contributed by atoms with Crippen LogP contribution in [0.3, 0.4) is 0 Å². The Morgan fingerprint density at radius 3 is 2.67 bits per heavy atom. The normalized spacial score (nSPS) is 18.7. The summed E-state index contributed by atoms with van der Waals surface area (Å²) in [4.78, 5) is 55.2. The van der Waals surface area contributed by atoms with E-state index in [1.807, 2.05) is 6.07 Å². The average molecular weight is 604 g/mol. The highest BCUT2D eigenvalue weighted by molar-refractivity contribution is 6.31. The number of nitriles is 1. The van der Waals surface area contributed by atoms with Crippen molar-refractivity contribution in [2.24, 2.45) is 5.92 Å². The van der Waals surface area contributed by atoms with Gasteiger partial charge in [0.05, 0.1) is 28.4 Å². The highest BCUT2D eigenvalue weighted by Crippen LogP contribution is 2.37. The number of carboxylic acid groups (broad SMARTS) is 1. The summed E-state index contributed by atoms with van der Waals surface area (Å²) in [6, 6.07) is 11.8. The first-order valence-electron chi connectivity index (χ1n) is 13.6. The number of pyridine rings is 1. The molecule has 10 nitrogen and oxygen atoms in total. The molecular weight excluding hydrogens is 577 g/mol. The Morgan fingerprint density at radius 2 is 1.95 bits per heavy atom. The van der Waals surface area contributed by atoms with E-state index in [9.17, 15) is 28.8 Å². The quantitative estimate of drug-likeness (QED) is 0.292. The molecule has 0 saturated carbocycles. The van der Waals surface area contributed by atoms with Crippen molar-refractivity contribution >= 4 is 46.5 Å². The van der Waals surface area contributed by atoms with E-state index in [0.717, 1.165) is 0 Å². The number of nitrogens with one attached hydrogen (secondary N) is 3. The first kappa shape index (κ1) is 29.5. The van der Waals surface area contributed by atoms with Gasteiger partial charge in [-0.25, -0.2) is 9.18 Å². The minimum absolute atomic E-state index is 0.00490. The maximum atomic E-state index is 15.0. The minimum Gasteiger partial charge on any atom is -0.465 e. The molecule has 0 spiro atoms. The zero-order chi connectivity index (χ0) is 30.8. The lowest BCUT2D eigenvalue weighted by Gasteiger charge is -2.35. The molecule has 2 atom stereocenters. The van der Waals surface area contributed by atoms with E-state index in [1.54, 1.807) is 24.0 Å². The van der Waals surface area contributed by atoms with Gasteiger partial charge in [-0.3, -0.25) is 19.7 Å². The lowest BCUT2D eigenvalue weighted by molar-refractivity contribution is -0.129. The van der Waals surface area contributed by atoms with E-state index >= 15 is 0 Å². The summed E-state index contributed by atoms with van der Waals surface area (Å²) in [5.41, 5.74) is 2.03. The van der Waals surface area contributed by atoms with E-state index in [2.05, 4.69) is 15.6 Å². The number of aromatic nitrogens is 1. The lowest BCUT2D eigenvalue weighted by Crippen LogP contribution is -2.38. The van der Waals surface area contributed by atoms with Crippen molar-refractivity contribution in [2.45, 2.75) is 38.6 Å². The molecule has 3 amide bonds. The molecule has 2 bridgehead atoms. The van der Waals surface area contributed by atoms with Crippen LogP contribution < -0.4 is 16.2 Å². The summed E-state index contributed by atoms with van der Waals surface area (Å²) in [5, 5.41) is 23.7. The van der Waals surface area contributed by atoms with Crippen molar-refractivity contribution in [2.75, 3.05) is 17.2 Å². The second-order valence-electron chi connectivity index (χ2n) is 10.6. The van der Waals surface area contributed by atoms with Crippen molar-refractivity contribution < 1.29 is 23.9 Å². The third-order valence-corrected chi connectivity index (χ3v) is 8.03. The molecule has 4 N–H and O–H groups in total. The van der Waals surface area contributed by atoms with Crippen molar-refractivity contribution in [3.05, 3.63) is 86.6 Å². The summed E-state index contributed by atoms with van der Waals surface area (Å²) in [6.45, 7) is 1.97. The van der Waals surface area contributed by atoms with Crippen LogP contribution in [-0.2, 0) is 9.59 Å². The number of hydrogen-bond donors (Lipinski definition) is 4. The van der Waals surface area contributed by atoms with Crippen LogP contribution in [0, 0.1) is 23.1 Å². The number of carbonyl (C=O) groups is 3. The highest BCUT2D eigenvalue weighted by atomic mass is 35.5. The molecule has 0 radical (unpaired) electrons. The Labute approximate surface area is 250 Å². The van der Waals surface area contributed by atoms with Crippen LogP contribution in [0.5, 0.6) is 0 Å². The van der Waals surface area contributed by atoms with E-state index < -0.39 is 35.3 Å². The minimum atomic E-state index is -1.26. The van der Waals surface area contributed by atoms with Crippen LogP contribution in [0.4, 0.5) is 20.6 Å². The van der Waals surface area contributed by atoms with E-state index in [4.69, 9.17) is 16.7 Å². The fourth-order valence-electron chi connectivity index (χ4n) is 5.60. The Kier molecular flexibility index (Phi) is 8.32. The molecule has 2 aromatic carbocycles. The SMILES string of the molecule is C[C@@H]1CCC[C@H](N2CCC(c3c(C#N)ccc(Cl)c3F)=CC2=O)c2cc(cc(=O)[nH]2)-c2ccc(NC(=O)O)cc2NC1=O. The van der Waals surface area contributed by atoms with Crippen molar-refractivity contribution in [3.8, 4) is 17.2 Å². The molecule has 1 aromatic heterocycles. The van der Waals surface area contributed by atoms with Crippen LogP contribution in [0.25, 0.3) is 16.7 Å². The van der Waals surface area contributed by atoms with Gasteiger partial charge in [-0.15, -0.1) is 0 Å². The fourth-order valence-corrected chi connectivity index (χ4v) is 5.76. The second kappa shape index (κ2) is 12.1. The molecule has 5 rings (SSSR count). The van der Waals surface area contributed by atoms with Gasteiger partial charge in [-0.1, -0.05) is 31.0 Å². The van der Waals surface area contributed by atoms with Gasteiger partial charge in [0.2, 0.25) is 17.4 Å². The summed E-state index contributed by atoms with van der Waals surface area (Å²) >= 11 is 5.98. The number of benzene rings is 2. The van der Waals surface area contributed by atoms with Gasteiger partial charge in [0.25, 0.3) is 0 Å². The second-order valence-corrected chi connectivity index (χ2v) is 11.0. The van der Waals surface area contributed by atoms with Gasteiger partial charge >= 0.3 is 6.09 Å². The lowest BCUT2D eigenvalue weighted by atomic mass is 9.91. The van der Waals surface area contributed by atoms with Crippen LogP contribution in [0.2, 0.25) is 5.02 Å². The number of aromatic amines is 1. The third-order valence-electron chi connectivity index (χ3n) is 7.74. The molecule has 2 aliphatic heterocycles. The number of H-pyrrole nitrogens is 1. The third kappa shape index (κ3) is 6.15. The summed E-state index contributed by atoms with van der Waals surface area (Å²) in [6.07, 6.45) is 1.76. The number of fused-ring (bicyclic) bond motifs is 4. The van der Waals surface area contributed by atoms with Gasteiger partial charge < -0.3 is 20.3 Å². The number of amides is 3. The van der Waals surface area contributed by atoms with Gasteiger partial charge in [-0.2, -0.15) is 5.26 Å². The highest BCUT2D eigenvalue weighted by Gasteiger charge is 2.31. The molecule has 3 heterocycles. The maximum absolute atomic E-state index is 15.0. The Bertz CT molecular complexity index is 1780. The number of rotatable bonds is 3. The first-order chi connectivity index (χ1) is 20.5. The number of hydrogen-bond acceptors (Lipinski definition) is 5. The van der Waals surface area contributed by atoms with E-state index in [0.29, 0.717) is 47.3 Å². The van der Waals surface area contributed by atoms with Gasteiger partial charge in [-0.05, 0) is 60.7 Å². The number of halogens is 2. The largest absolute Gasteiger partial charge is 0.465 e. The molecular formula is C31H27ClFN5O5. The molecule has 0 fully saturated rings. The van der Waals surface area contributed by atoms with Crippen LogP contribution >= 0.6 is 11.6 Å². The standard InChI is InChI=1S/C31H27ClFN5O5/c1-16-3-2-4-25(38-10-9-17(13-27(38)40)28-18(15-34)5-8-22(32)29(28)33)24-11-19(12-26(39)36-24)21-7-6-20(35-31(42)43)14-23(21)37-30(16)41/h5-8,11-14,16,25,35H,2-4,9-10H2,1H3,(H,36,39)(H,37,41)(H,42,43)/t16-,25+/m1/s1.